The van der Waals surface area contributed by atoms with Crippen molar-refractivity contribution in [3.05, 3.63) is 35.6 Å². The Kier molecular flexibility index (Phi) is 5.63. The van der Waals surface area contributed by atoms with E-state index in [-0.39, 0.29) is 11.7 Å². The predicted molar refractivity (Wildman–Crippen MR) is 65.8 cm³/mol. The summed E-state index contributed by atoms with van der Waals surface area (Å²) in [7, 11) is 0. The van der Waals surface area contributed by atoms with Crippen molar-refractivity contribution in [3.63, 3.8) is 0 Å². The summed E-state index contributed by atoms with van der Waals surface area (Å²) in [6.07, 6.45) is 1.13. The highest BCUT2D eigenvalue weighted by Gasteiger charge is 2.18. The fourth-order valence-electron chi connectivity index (χ4n) is 1.47. The fraction of sp³-hybridized carbons (Fsp3) is 0.462. The average molecular weight is 238 g/mol. The van der Waals surface area contributed by atoms with E-state index in [2.05, 4.69) is 5.43 Å². The number of carbonyl (C=O) groups excluding carboxylic acids is 1. The van der Waals surface area contributed by atoms with Crippen LogP contribution >= 0.6 is 0 Å². The van der Waals surface area contributed by atoms with E-state index in [4.69, 9.17) is 0 Å². The molecular weight excluding hydrogens is 219 g/mol. The molecule has 0 bridgehead atoms. The average Bonchev–Trinajstić information content (AvgIpc) is 2.29. The largest absolute Gasteiger partial charge is 0.277 e. The van der Waals surface area contributed by atoms with E-state index >= 15 is 0 Å². The van der Waals surface area contributed by atoms with Gasteiger partial charge in [0.15, 0.2) is 0 Å². The Labute approximate surface area is 102 Å². The lowest BCUT2D eigenvalue weighted by Crippen LogP contribution is -2.56. The summed E-state index contributed by atoms with van der Waals surface area (Å²) in [4.78, 5) is 11.5. The Morgan fingerprint density at radius 1 is 1.35 bits per heavy atom. The van der Waals surface area contributed by atoms with Gasteiger partial charge in [0.05, 0.1) is 6.54 Å². The van der Waals surface area contributed by atoms with Crippen molar-refractivity contribution in [3.8, 4) is 0 Å². The first-order valence-electron chi connectivity index (χ1n) is 6.04. The number of halogens is 1. The molecule has 3 nitrogen and oxygen atoms in total. The maximum Gasteiger partial charge on any atom is 0.237 e. The van der Waals surface area contributed by atoms with Gasteiger partial charge in [0, 0.05) is 13.0 Å². The number of hydrogen-bond donors (Lipinski definition) is 1. The van der Waals surface area contributed by atoms with Gasteiger partial charge in [0.1, 0.15) is 5.82 Å². The second kappa shape index (κ2) is 7.01. The first-order valence-corrected chi connectivity index (χ1v) is 6.04. The zero-order valence-electron chi connectivity index (χ0n) is 10.4. The Balaban J connectivity index is 0.000000686. The molecule has 1 aliphatic rings. The lowest BCUT2D eigenvalue weighted by atomic mass is 10.1. The first-order chi connectivity index (χ1) is 8.25. The van der Waals surface area contributed by atoms with Crippen LogP contribution in [-0.2, 0) is 11.2 Å². The van der Waals surface area contributed by atoms with Crippen molar-refractivity contribution >= 4 is 5.91 Å². The van der Waals surface area contributed by atoms with E-state index < -0.39 is 0 Å². The van der Waals surface area contributed by atoms with E-state index in [1.165, 1.54) is 12.1 Å². The zero-order valence-corrected chi connectivity index (χ0v) is 10.4. The summed E-state index contributed by atoms with van der Waals surface area (Å²) in [6.45, 7) is 5.67. The molecule has 1 N–H and O–H groups in total. The van der Waals surface area contributed by atoms with Crippen molar-refractivity contribution in [2.45, 2.75) is 26.7 Å². The third-order valence-electron chi connectivity index (χ3n) is 2.48. The topological polar surface area (TPSA) is 32.3 Å². The van der Waals surface area contributed by atoms with Gasteiger partial charge in [-0.25, -0.2) is 9.82 Å². The lowest BCUT2D eigenvalue weighted by Gasteiger charge is -2.31. The number of aryl methyl sites for hydroxylation is 1. The maximum atomic E-state index is 12.6. The Hall–Kier alpha value is -1.42. The van der Waals surface area contributed by atoms with Crippen LogP contribution in [0.25, 0.3) is 0 Å². The highest BCUT2D eigenvalue weighted by atomic mass is 19.1. The van der Waals surface area contributed by atoms with Crippen molar-refractivity contribution < 1.29 is 9.18 Å². The van der Waals surface area contributed by atoms with Gasteiger partial charge in [-0.1, -0.05) is 26.0 Å². The SMILES string of the molecule is CC.O=C(CCc1ccc(F)cc1)N1CCN1. The summed E-state index contributed by atoms with van der Waals surface area (Å²) in [5.74, 6) is -0.139. The number of nitrogens with one attached hydrogen (secondary N) is 1. The molecule has 0 atom stereocenters. The van der Waals surface area contributed by atoms with Gasteiger partial charge >= 0.3 is 0 Å². The minimum atomic E-state index is -0.241. The van der Waals surface area contributed by atoms with Crippen LogP contribution in [0.3, 0.4) is 0 Å². The van der Waals surface area contributed by atoms with Crippen LogP contribution < -0.4 is 5.43 Å². The highest BCUT2D eigenvalue weighted by molar-refractivity contribution is 5.76. The van der Waals surface area contributed by atoms with Crippen LogP contribution in [0, 0.1) is 5.82 Å². The predicted octanol–water partition coefficient (Wildman–Crippen LogP) is 2.13. The molecule has 94 valence electrons. The van der Waals surface area contributed by atoms with Crippen LogP contribution in [-0.4, -0.2) is 24.0 Å². The third-order valence-corrected chi connectivity index (χ3v) is 2.48. The smallest absolute Gasteiger partial charge is 0.237 e. The van der Waals surface area contributed by atoms with Gasteiger partial charge in [-0.15, -0.1) is 0 Å². The molecule has 17 heavy (non-hydrogen) atoms. The molecule has 0 radical (unpaired) electrons. The molecule has 1 amide bonds. The standard InChI is InChI=1S/C11H13FN2O.C2H6/c12-10-4-1-9(2-5-10)3-6-11(15)14-8-7-13-14;1-2/h1-2,4-5,13H,3,6-8H2;1-2H3. The van der Waals surface area contributed by atoms with Crippen molar-refractivity contribution in [2.75, 3.05) is 13.1 Å². The van der Waals surface area contributed by atoms with Gasteiger partial charge in [0.25, 0.3) is 0 Å². The molecule has 4 heteroatoms. The van der Waals surface area contributed by atoms with Crippen LogP contribution in [0.5, 0.6) is 0 Å². The molecule has 0 saturated carbocycles. The monoisotopic (exact) mass is 238 g/mol. The Bertz CT molecular complexity index is 347. The molecular formula is C13H19FN2O. The minimum Gasteiger partial charge on any atom is -0.277 e. The number of carbonyl (C=O) groups is 1. The van der Waals surface area contributed by atoms with E-state index in [9.17, 15) is 9.18 Å². The molecule has 1 heterocycles. The molecule has 0 spiro atoms. The quantitative estimate of drug-likeness (QED) is 0.875. The summed E-state index contributed by atoms with van der Waals surface area (Å²) < 4.78 is 12.6. The molecule has 0 aromatic heterocycles. The number of hydrogen-bond acceptors (Lipinski definition) is 2. The van der Waals surface area contributed by atoms with Gasteiger partial charge < -0.3 is 0 Å². The summed E-state index contributed by atoms with van der Waals surface area (Å²) in [5, 5.41) is 1.61. The van der Waals surface area contributed by atoms with Crippen molar-refractivity contribution in [2.24, 2.45) is 0 Å². The van der Waals surface area contributed by atoms with E-state index in [1.54, 1.807) is 17.1 Å². The molecule has 1 aromatic carbocycles. The number of amides is 1. The number of benzene rings is 1. The second-order valence-electron chi connectivity index (χ2n) is 3.58. The molecule has 1 aromatic rings. The van der Waals surface area contributed by atoms with Crippen LogP contribution in [0.2, 0.25) is 0 Å². The zero-order chi connectivity index (χ0) is 12.7. The normalized spacial score (nSPS) is 13.5. The van der Waals surface area contributed by atoms with Crippen LogP contribution in [0.15, 0.2) is 24.3 Å². The number of rotatable bonds is 3. The summed E-state index contributed by atoms with van der Waals surface area (Å²) >= 11 is 0. The highest BCUT2D eigenvalue weighted by Crippen LogP contribution is 2.07. The molecule has 1 aliphatic heterocycles. The number of hydrazine groups is 1. The summed E-state index contributed by atoms with van der Waals surface area (Å²) in [5.41, 5.74) is 3.91. The van der Waals surface area contributed by atoms with E-state index in [0.29, 0.717) is 12.8 Å². The second-order valence-corrected chi connectivity index (χ2v) is 3.58. The molecule has 1 fully saturated rings. The van der Waals surface area contributed by atoms with E-state index in [1.807, 2.05) is 13.8 Å². The molecule has 0 aliphatic carbocycles. The van der Waals surface area contributed by atoms with Crippen molar-refractivity contribution in [1.29, 1.82) is 0 Å². The number of nitrogens with zero attached hydrogens (tertiary/aromatic N) is 1. The molecule has 0 unspecified atom stereocenters. The molecule has 2 rings (SSSR count). The molecule has 1 saturated heterocycles. The third kappa shape index (κ3) is 4.15. The Morgan fingerprint density at radius 3 is 2.41 bits per heavy atom. The van der Waals surface area contributed by atoms with E-state index in [0.717, 1.165) is 18.7 Å². The van der Waals surface area contributed by atoms with Gasteiger partial charge in [0.2, 0.25) is 5.91 Å². The maximum absolute atomic E-state index is 12.6. The van der Waals surface area contributed by atoms with Crippen molar-refractivity contribution in [1.82, 2.24) is 10.4 Å². The summed E-state index contributed by atoms with van der Waals surface area (Å²) in [6, 6.07) is 6.27. The minimum absolute atomic E-state index is 0.102. The van der Waals surface area contributed by atoms with Crippen LogP contribution in [0.4, 0.5) is 4.39 Å². The van der Waals surface area contributed by atoms with Gasteiger partial charge in [-0.05, 0) is 24.1 Å². The fourth-order valence-corrected chi connectivity index (χ4v) is 1.47. The van der Waals surface area contributed by atoms with Crippen LogP contribution in [0.1, 0.15) is 25.8 Å². The lowest BCUT2D eigenvalue weighted by molar-refractivity contribution is -0.139. The first kappa shape index (κ1) is 13.6. The van der Waals surface area contributed by atoms with Gasteiger partial charge in [-0.2, -0.15) is 0 Å². The van der Waals surface area contributed by atoms with Gasteiger partial charge in [-0.3, -0.25) is 9.80 Å². The Morgan fingerprint density at radius 2 is 1.94 bits per heavy atom.